The first-order valence-corrected chi connectivity index (χ1v) is 8.50. The molecule has 0 aliphatic rings. The largest absolute Gasteiger partial charge is 0.277 e. The highest BCUT2D eigenvalue weighted by molar-refractivity contribution is 7.92. The summed E-state index contributed by atoms with van der Waals surface area (Å²) in [6, 6.07) is 12.6. The molecule has 0 radical (unpaired) electrons. The lowest BCUT2D eigenvalue weighted by molar-refractivity contribution is 0.598. The number of nitrogens with one attached hydrogen (secondary N) is 1. The van der Waals surface area contributed by atoms with Crippen molar-refractivity contribution in [2.75, 3.05) is 4.72 Å². The highest BCUT2D eigenvalue weighted by atomic mass is 32.2. The maximum atomic E-state index is 13.2. The number of hydrogen-bond donors (Lipinski definition) is 1. The minimum atomic E-state index is -3.82. The zero-order chi connectivity index (χ0) is 16.6. The van der Waals surface area contributed by atoms with Crippen molar-refractivity contribution >= 4 is 26.6 Å². The molecule has 0 aliphatic carbocycles. The summed E-state index contributed by atoms with van der Waals surface area (Å²) >= 11 is 0. The van der Waals surface area contributed by atoms with E-state index in [0.717, 1.165) is 17.1 Å². The van der Waals surface area contributed by atoms with Gasteiger partial charge in [0.25, 0.3) is 10.0 Å². The molecular formula is C17H15FN2O2S. The van der Waals surface area contributed by atoms with Crippen molar-refractivity contribution in [3.63, 3.8) is 0 Å². The number of para-hydroxylation sites is 1. The third-order valence-corrected chi connectivity index (χ3v) is 5.06. The van der Waals surface area contributed by atoms with Crippen LogP contribution in [0.25, 0.3) is 10.9 Å². The van der Waals surface area contributed by atoms with Crippen LogP contribution < -0.4 is 4.72 Å². The summed E-state index contributed by atoms with van der Waals surface area (Å²) < 4.78 is 40.9. The van der Waals surface area contributed by atoms with Crippen molar-refractivity contribution in [2.45, 2.75) is 18.7 Å². The Morgan fingerprint density at radius 1 is 1.04 bits per heavy atom. The van der Waals surface area contributed by atoms with E-state index >= 15 is 0 Å². The monoisotopic (exact) mass is 330 g/mol. The Bertz CT molecular complexity index is 1000. The molecule has 0 saturated heterocycles. The second-order valence-electron chi connectivity index (χ2n) is 5.35. The minimum absolute atomic E-state index is 0.0450. The third kappa shape index (κ3) is 3.03. The Balaban J connectivity index is 2.09. The SMILES string of the molecule is Cc1ccc2cccc(NS(=O)(=O)c3ccc(F)cc3C)c2n1. The van der Waals surface area contributed by atoms with Crippen molar-refractivity contribution in [3.8, 4) is 0 Å². The number of pyridine rings is 1. The number of fused-ring (bicyclic) bond motifs is 1. The summed E-state index contributed by atoms with van der Waals surface area (Å²) in [5.41, 5.74) is 2.12. The second-order valence-corrected chi connectivity index (χ2v) is 7.00. The van der Waals surface area contributed by atoms with Gasteiger partial charge in [0.15, 0.2) is 0 Å². The lowest BCUT2D eigenvalue weighted by Crippen LogP contribution is -2.15. The molecule has 0 spiro atoms. The molecule has 23 heavy (non-hydrogen) atoms. The molecule has 1 aromatic heterocycles. The van der Waals surface area contributed by atoms with Crippen LogP contribution in [0.2, 0.25) is 0 Å². The molecule has 0 unspecified atom stereocenters. The van der Waals surface area contributed by atoms with Crippen molar-refractivity contribution in [1.82, 2.24) is 4.98 Å². The van der Waals surface area contributed by atoms with Crippen molar-refractivity contribution < 1.29 is 12.8 Å². The third-order valence-electron chi connectivity index (χ3n) is 3.53. The Morgan fingerprint density at radius 2 is 1.83 bits per heavy atom. The Kier molecular flexibility index (Phi) is 3.77. The van der Waals surface area contributed by atoms with Crippen LogP contribution in [0.1, 0.15) is 11.3 Å². The number of sulfonamides is 1. The Hall–Kier alpha value is -2.47. The molecule has 6 heteroatoms. The number of nitrogens with zero attached hydrogens (tertiary/aromatic N) is 1. The van der Waals surface area contributed by atoms with Gasteiger partial charge in [-0.3, -0.25) is 9.71 Å². The van der Waals surface area contributed by atoms with Crippen molar-refractivity contribution in [3.05, 3.63) is 65.6 Å². The normalized spacial score (nSPS) is 11.6. The number of hydrogen-bond acceptors (Lipinski definition) is 3. The number of aryl methyl sites for hydroxylation is 2. The molecule has 0 aliphatic heterocycles. The van der Waals surface area contributed by atoms with Gasteiger partial charge in [-0.25, -0.2) is 12.8 Å². The van der Waals surface area contributed by atoms with Gasteiger partial charge in [-0.2, -0.15) is 0 Å². The van der Waals surface area contributed by atoms with Gasteiger partial charge in [0.1, 0.15) is 5.82 Å². The molecule has 0 amide bonds. The fraction of sp³-hybridized carbons (Fsp3) is 0.118. The lowest BCUT2D eigenvalue weighted by Gasteiger charge is -2.12. The molecule has 0 fully saturated rings. The van der Waals surface area contributed by atoms with E-state index < -0.39 is 15.8 Å². The zero-order valence-electron chi connectivity index (χ0n) is 12.7. The van der Waals surface area contributed by atoms with Gasteiger partial charge in [-0.05, 0) is 49.7 Å². The number of aromatic nitrogens is 1. The summed E-state index contributed by atoms with van der Waals surface area (Å²) in [7, 11) is -3.82. The van der Waals surface area contributed by atoms with Crippen LogP contribution in [0.15, 0.2) is 53.4 Å². The summed E-state index contributed by atoms with van der Waals surface area (Å²) in [5, 5.41) is 0.839. The highest BCUT2D eigenvalue weighted by Crippen LogP contribution is 2.25. The predicted molar refractivity (Wildman–Crippen MR) is 88.4 cm³/mol. The van der Waals surface area contributed by atoms with Crippen LogP contribution in [-0.2, 0) is 10.0 Å². The van der Waals surface area contributed by atoms with Gasteiger partial charge in [0.2, 0.25) is 0 Å². The summed E-state index contributed by atoms with van der Waals surface area (Å²) in [6.45, 7) is 3.40. The quantitative estimate of drug-likeness (QED) is 0.795. The zero-order valence-corrected chi connectivity index (χ0v) is 13.5. The highest BCUT2D eigenvalue weighted by Gasteiger charge is 2.18. The van der Waals surface area contributed by atoms with E-state index in [1.165, 1.54) is 12.1 Å². The number of halogens is 1. The summed E-state index contributed by atoms with van der Waals surface area (Å²) in [6.07, 6.45) is 0. The predicted octanol–water partition coefficient (Wildman–Crippen LogP) is 3.79. The van der Waals surface area contributed by atoms with E-state index in [1.54, 1.807) is 19.1 Å². The minimum Gasteiger partial charge on any atom is -0.277 e. The van der Waals surface area contributed by atoms with Crippen molar-refractivity contribution in [1.29, 1.82) is 0 Å². The molecule has 1 heterocycles. The number of benzene rings is 2. The Morgan fingerprint density at radius 3 is 2.57 bits per heavy atom. The Labute approximate surface area is 134 Å². The molecule has 0 saturated carbocycles. The molecule has 3 rings (SSSR count). The molecule has 3 aromatic rings. The van der Waals surface area contributed by atoms with Gasteiger partial charge in [0, 0.05) is 11.1 Å². The van der Waals surface area contributed by atoms with Gasteiger partial charge in [-0.15, -0.1) is 0 Å². The fourth-order valence-electron chi connectivity index (χ4n) is 2.44. The summed E-state index contributed by atoms with van der Waals surface area (Å²) in [5.74, 6) is -0.469. The average molecular weight is 330 g/mol. The molecular weight excluding hydrogens is 315 g/mol. The maximum absolute atomic E-state index is 13.2. The van der Waals surface area contributed by atoms with E-state index in [2.05, 4.69) is 9.71 Å². The van der Waals surface area contributed by atoms with Crippen LogP contribution in [0.3, 0.4) is 0 Å². The van der Waals surface area contributed by atoms with Crippen LogP contribution in [0.4, 0.5) is 10.1 Å². The van der Waals surface area contributed by atoms with E-state index in [-0.39, 0.29) is 4.90 Å². The van der Waals surface area contributed by atoms with E-state index in [9.17, 15) is 12.8 Å². The average Bonchev–Trinajstić information content (AvgIpc) is 2.47. The molecule has 0 atom stereocenters. The van der Waals surface area contributed by atoms with Crippen LogP contribution in [-0.4, -0.2) is 13.4 Å². The molecule has 118 valence electrons. The smallest absolute Gasteiger partial charge is 0.262 e. The van der Waals surface area contributed by atoms with E-state index in [0.29, 0.717) is 16.8 Å². The van der Waals surface area contributed by atoms with Gasteiger partial charge in [-0.1, -0.05) is 18.2 Å². The van der Waals surface area contributed by atoms with E-state index in [1.807, 2.05) is 25.1 Å². The second kappa shape index (κ2) is 5.62. The number of rotatable bonds is 3. The molecule has 2 aromatic carbocycles. The molecule has 0 bridgehead atoms. The fourth-order valence-corrected chi connectivity index (χ4v) is 3.74. The van der Waals surface area contributed by atoms with Crippen LogP contribution in [0, 0.1) is 19.7 Å². The first-order valence-electron chi connectivity index (χ1n) is 7.02. The number of anilines is 1. The summed E-state index contributed by atoms with van der Waals surface area (Å²) in [4.78, 5) is 4.45. The topological polar surface area (TPSA) is 59.1 Å². The van der Waals surface area contributed by atoms with Gasteiger partial charge >= 0.3 is 0 Å². The van der Waals surface area contributed by atoms with Crippen LogP contribution >= 0.6 is 0 Å². The van der Waals surface area contributed by atoms with Gasteiger partial charge in [0.05, 0.1) is 16.1 Å². The van der Waals surface area contributed by atoms with E-state index in [4.69, 9.17) is 0 Å². The molecule has 4 nitrogen and oxygen atoms in total. The standard InChI is InChI=1S/C17H15FN2O2S/c1-11-10-14(18)8-9-16(11)23(21,22)20-15-5-3-4-13-7-6-12(2)19-17(13)15/h3-10,20H,1-2H3. The van der Waals surface area contributed by atoms with Crippen molar-refractivity contribution in [2.24, 2.45) is 0 Å². The first-order chi connectivity index (χ1) is 10.9. The maximum Gasteiger partial charge on any atom is 0.262 e. The first kappa shape index (κ1) is 15.4. The molecule has 1 N–H and O–H groups in total. The van der Waals surface area contributed by atoms with Crippen LogP contribution in [0.5, 0.6) is 0 Å². The lowest BCUT2D eigenvalue weighted by atomic mass is 10.2. The van der Waals surface area contributed by atoms with Gasteiger partial charge < -0.3 is 0 Å².